The van der Waals surface area contributed by atoms with Gasteiger partial charge in [-0.15, -0.1) is 0 Å². The quantitative estimate of drug-likeness (QED) is 0.445. The number of hydrogen-bond acceptors (Lipinski definition) is 5. The van der Waals surface area contributed by atoms with Crippen molar-refractivity contribution in [1.82, 2.24) is 4.98 Å². The molecule has 7 nitrogen and oxygen atoms in total. The SMILES string of the molecule is COc1cccc(OC)c1Oc1ccc(CN=C(N)Nc2ccc(C)c(C)c2)cn1. The van der Waals surface area contributed by atoms with E-state index in [0.717, 1.165) is 11.3 Å². The van der Waals surface area contributed by atoms with E-state index in [9.17, 15) is 0 Å². The first-order valence-electron chi connectivity index (χ1n) is 9.48. The third kappa shape index (κ3) is 5.20. The number of para-hydroxylation sites is 1. The number of nitrogens with one attached hydrogen (secondary N) is 1. The van der Waals surface area contributed by atoms with Crippen LogP contribution in [0.15, 0.2) is 59.7 Å². The Bertz CT molecular complexity index is 1010. The molecule has 1 aromatic heterocycles. The molecule has 0 aliphatic carbocycles. The second-order valence-electron chi connectivity index (χ2n) is 6.72. The van der Waals surface area contributed by atoms with E-state index in [1.807, 2.05) is 30.3 Å². The Morgan fingerprint density at radius 1 is 1.00 bits per heavy atom. The highest BCUT2D eigenvalue weighted by atomic mass is 16.5. The number of methoxy groups -OCH3 is 2. The molecule has 0 aliphatic rings. The van der Waals surface area contributed by atoms with Crippen LogP contribution in [0.3, 0.4) is 0 Å². The summed E-state index contributed by atoms with van der Waals surface area (Å²) in [5.41, 5.74) is 10.2. The Morgan fingerprint density at radius 3 is 2.33 bits per heavy atom. The summed E-state index contributed by atoms with van der Waals surface area (Å²) in [4.78, 5) is 8.72. The molecule has 1 heterocycles. The molecule has 0 fully saturated rings. The number of aryl methyl sites for hydroxylation is 2. The monoisotopic (exact) mass is 406 g/mol. The predicted molar refractivity (Wildman–Crippen MR) is 119 cm³/mol. The Hall–Kier alpha value is -3.74. The van der Waals surface area contributed by atoms with Gasteiger partial charge in [0.1, 0.15) is 0 Å². The van der Waals surface area contributed by atoms with Crippen molar-refractivity contribution in [2.45, 2.75) is 20.4 Å². The van der Waals surface area contributed by atoms with Crippen molar-refractivity contribution in [1.29, 1.82) is 0 Å². The largest absolute Gasteiger partial charge is 0.493 e. The maximum Gasteiger partial charge on any atom is 0.219 e. The molecule has 7 heteroatoms. The lowest BCUT2D eigenvalue weighted by Gasteiger charge is -2.13. The number of hydrogen-bond donors (Lipinski definition) is 2. The lowest BCUT2D eigenvalue weighted by Crippen LogP contribution is -2.22. The molecule has 3 aromatic rings. The van der Waals surface area contributed by atoms with Crippen molar-refractivity contribution >= 4 is 11.6 Å². The summed E-state index contributed by atoms with van der Waals surface area (Å²) < 4.78 is 16.5. The maximum atomic E-state index is 6.00. The zero-order valence-corrected chi connectivity index (χ0v) is 17.6. The number of guanidine groups is 1. The van der Waals surface area contributed by atoms with Gasteiger partial charge in [0.25, 0.3) is 0 Å². The fourth-order valence-electron chi connectivity index (χ4n) is 2.77. The molecule has 0 bridgehead atoms. The van der Waals surface area contributed by atoms with Gasteiger partial charge in [-0.2, -0.15) is 0 Å². The predicted octanol–water partition coefficient (Wildman–Crippen LogP) is 4.43. The topological polar surface area (TPSA) is 91.0 Å². The van der Waals surface area contributed by atoms with Crippen molar-refractivity contribution in [2.24, 2.45) is 10.7 Å². The van der Waals surface area contributed by atoms with E-state index >= 15 is 0 Å². The van der Waals surface area contributed by atoms with Crippen LogP contribution in [0, 0.1) is 13.8 Å². The Balaban J connectivity index is 1.65. The van der Waals surface area contributed by atoms with Crippen LogP contribution < -0.4 is 25.3 Å². The summed E-state index contributed by atoms with van der Waals surface area (Å²) in [6, 6.07) is 15.1. The molecule has 0 unspecified atom stereocenters. The van der Waals surface area contributed by atoms with Gasteiger partial charge in [0.05, 0.1) is 20.8 Å². The molecule has 0 saturated heterocycles. The van der Waals surface area contributed by atoms with Gasteiger partial charge in [-0.3, -0.25) is 0 Å². The zero-order valence-electron chi connectivity index (χ0n) is 17.6. The summed E-state index contributed by atoms with van der Waals surface area (Å²) in [5.74, 6) is 2.37. The average molecular weight is 406 g/mol. The Kier molecular flexibility index (Phi) is 6.75. The molecule has 0 amide bonds. The van der Waals surface area contributed by atoms with Crippen LogP contribution >= 0.6 is 0 Å². The molecule has 30 heavy (non-hydrogen) atoms. The molecule has 156 valence electrons. The van der Waals surface area contributed by atoms with Crippen LogP contribution in [-0.4, -0.2) is 25.2 Å². The first kappa shape index (κ1) is 21.0. The van der Waals surface area contributed by atoms with E-state index in [0.29, 0.717) is 35.6 Å². The van der Waals surface area contributed by atoms with E-state index in [-0.39, 0.29) is 0 Å². The fourth-order valence-corrected chi connectivity index (χ4v) is 2.77. The van der Waals surface area contributed by atoms with Gasteiger partial charge in [0, 0.05) is 18.0 Å². The minimum atomic E-state index is 0.345. The van der Waals surface area contributed by atoms with Crippen LogP contribution in [0.2, 0.25) is 0 Å². The van der Waals surface area contributed by atoms with Crippen molar-refractivity contribution in [3.8, 4) is 23.1 Å². The average Bonchev–Trinajstić information content (AvgIpc) is 2.76. The number of ether oxygens (including phenoxy) is 3. The van der Waals surface area contributed by atoms with Gasteiger partial charge in [0.2, 0.25) is 11.6 Å². The van der Waals surface area contributed by atoms with Gasteiger partial charge in [-0.05, 0) is 54.8 Å². The minimum absolute atomic E-state index is 0.345. The van der Waals surface area contributed by atoms with Crippen LogP contribution in [-0.2, 0) is 6.54 Å². The normalized spacial score (nSPS) is 11.1. The smallest absolute Gasteiger partial charge is 0.219 e. The van der Waals surface area contributed by atoms with Crippen molar-refractivity contribution in [2.75, 3.05) is 19.5 Å². The van der Waals surface area contributed by atoms with Gasteiger partial charge in [0.15, 0.2) is 17.5 Å². The van der Waals surface area contributed by atoms with Crippen LogP contribution in [0.5, 0.6) is 23.1 Å². The molecule has 0 spiro atoms. The molecule has 0 saturated carbocycles. The van der Waals surface area contributed by atoms with Crippen molar-refractivity contribution in [3.63, 3.8) is 0 Å². The van der Waals surface area contributed by atoms with E-state index in [2.05, 4.69) is 29.1 Å². The number of rotatable bonds is 7. The summed E-state index contributed by atoms with van der Waals surface area (Å²) >= 11 is 0. The zero-order chi connectivity index (χ0) is 21.5. The summed E-state index contributed by atoms with van der Waals surface area (Å²) in [5, 5.41) is 3.10. The van der Waals surface area contributed by atoms with E-state index in [1.54, 1.807) is 38.6 Å². The van der Waals surface area contributed by atoms with Gasteiger partial charge >= 0.3 is 0 Å². The van der Waals surface area contributed by atoms with E-state index in [1.165, 1.54) is 11.1 Å². The highest BCUT2D eigenvalue weighted by Crippen LogP contribution is 2.39. The van der Waals surface area contributed by atoms with Gasteiger partial charge < -0.3 is 25.3 Å². The van der Waals surface area contributed by atoms with E-state index in [4.69, 9.17) is 19.9 Å². The number of pyridine rings is 1. The van der Waals surface area contributed by atoms with Crippen LogP contribution in [0.1, 0.15) is 16.7 Å². The minimum Gasteiger partial charge on any atom is -0.493 e. The van der Waals surface area contributed by atoms with Gasteiger partial charge in [-0.1, -0.05) is 18.2 Å². The molecule has 0 atom stereocenters. The lowest BCUT2D eigenvalue weighted by atomic mass is 10.1. The number of benzene rings is 2. The van der Waals surface area contributed by atoms with Gasteiger partial charge in [-0.25, -0.2) is 9.98 Å². The number of aromatic nitrogens is 1. The number of anilines is 1. The Morgan fingerprint density at radius 2 is 1.73 bits per heavy atom. The molecule has 0 radical (unpaired) electrons. The standard InChI is InChI=1S/C23H26N4O3/c1-15-8-10-18(12-16(15)2)27-23(24)26-14-17-9-11-21(25-13-17)30-22-19(28-3)6-5-7-20(22)29-4/h5-13H,14H2,1-4H3,(H3,24,26,27). The summed E-state index contributed by atoms with van der Waals surface area (Å²) in [7, 11) is 3.15. The van der Waals surface area contributed by atoms with Crippen molar-refractivity contribution < 1.29 is 14.2 Å². The molecular formula is C23H26N4O3. The van der Waals surface area contributed by atoms with E-state index < -0.39 is 0 Å². The second-order valence-corrected chi connectivity index (χ2v) is 6.72. The number of aliphatic imine (C=N–C) groups is 1. The number of nitrogens with two attached hydrogens (primary N) is 1. The second kappa shape index (κ2) is 9.65. The highest BCUT2D eigenvalue weighted by molar-refractivity contribution is 5.92. The molecule has 3 rings (SSSR count). The maximum absolute atomic E-state index is 6.00. The molecule has 3 N–H and O–H groups in total. The molecule has 2 aromatic carbocycles. The third-order valence-corrected chi connectivity index (χ3v) is 4.60. The highest BCUT2D eigenvalue weighted by Gasteiger charge is 2.13. The first-order valence-corrected chi connectivity index (χ1v) is 9.48. The lowest BCUT2D eigenvalue weighted by molar-refractivity contribution is 0.342. The van der Waals surface area contributed by atoms with Crippen molar-refractivity contribution in [3.05, 3.63) is 71.4 Å². The summed E-state index contributed by atoms with van der Waals surface area (Å²) in [6.45, 7) is 4.53. The van der Waals surface area contributed by atoms with Crippen LogP contribution in [0.25, 0.3) is 0 Å². The first-order chi connectivity index (χ1) is 14.5. The van der Waals surface area contributed by atoms with Crippen LogP contribution in [0.4, 0.5) is 5.69 Å². The molecular weight excluding hydrogens is 380 g/mol. The fraction of sp³-hybridized carbons (Fsp3) is 0.217. The molecule has 0 aliphatic heterocycles. The number of nitrogens with zero attached hydrogens (tertiary/aromatic N) is 2. The Labute approximate surface area is 176 Å². The third-order valence-electron chi connectivity index (χ3n) is 4.60. The summed E-state index contributed by atoms with van der Waals surface area (Å²) in [6.07, 6.45) is 1.70.